The third-order valence-corrected chi connectivity index (χ3v) is 6.15. The van der Waals surface area contributed by atoms with Gasteiger partial charge in [-0.3, -0.25) is 5.01 Å². The van der Waals surface area contributed by atoms with Gasteiger partial charge in [-0.05, 0) is 42.8 Å². The molecule has 1 amide bonds. The second-order valence-corrected chi connectivity index (χ2v) is 8.12. The number of nitrogens with one attached hydrogen (secondary N) is 1. The number of aliphatic imine (C=N–C) groups is 1. The molecule has 168 valence electrons. The molecule has 0 radical (unpaired) electrons. The van der Waals surface area contributed by atoms with Gasteiger partial charge in [0.25, 0.3) is 0 Å². The first-order valence-corrected chi connectivity index (χ1v) is 11.7. The van der Waals surface area contributed by atoms with E-state index in [1.54, 1.807) is 17.0 Å². The predicted molar refractivity (Wildman–Crippen MR) is 126 cm³/mol. The van der Waals surface area contributed by atoms with Crippen molar-refractivity contribution < 1.29 is 18.7 Å². The number of carbonyl (C=O) groups is 1. The molecular weight excluding hydrogens is 439 g/mol. The highest BCUT2D eigenvalue weighted by Crippen LogP contribution is 2.33. The first-order valence-electron chi connectivity index (χ1n) is 10.5. The van der Waals surface area contributed by atoms with Crippen LogP contribution >= 0.6 is 24.0 Å². The largest absolute Gasteiger partial charge is 0.415 e. The van der Waals surface area contributed by atoms with Crippen LogP contribution < -0.4 is 10.2 Å². The minimum atomic E-state index is -0.519. The number of amides is 1. The molecule has 0 atom stereocenters. The zero-order valence-electron chi connectivity index (χ0n) is 17.7. The molecule has 2 fully saturated rings. The number of thiocarbonyl (C=S) groups is 1. The summed E-state index contributed by atoms with van der Waals surface area (Å²) in [5.41, 5.74) is 3.88. The van der Waals surface area contributed by atoms with Crippen LogP contribution in [0.2, 0.25) is 0 Å². The summed E-state index contributed by atoms with van der Waals surface area (Å²) in [5.74, 6) is -0.324. The van der Waals surface area contributed by atoms with Crippen molar-refractivity contribution in [1.29, 1.82) is 0 Å². The summed E-state index contributed by atoms with van der Waals surface area (Å²) in [6, 6.07) is 4.11. The van der Waals surface area contributed by atoms with Crippen molar-refractivity contribution in [3.05, 3.63) is 34.5 Å². The van der Waals surface area contributed by atoms with Gasteiger partial charge in [0.15, 0.2) is 5.17 Å². The van der Waals surface area contributed by atoms with Crippen LogP contribution in [0.4, 0.5) is 9.18 Å². The summed E-state index contributed by atoms with van der Waals surface area (Å²) in [6.07, 6.45) is 3.50. The molecule has 31 heavy (non-hydrogen) atoms. The van der Waals surface area contributed by atoms with Gasteiger partial charge in [-0.1, -0.05) is 26.1 Å². The Bertz CT molecular complexity index is 866. The van der Waals surface area contributed by atoms with Crippen molar-refractivity contribution in [2.45, 2.75) is 26.7 Å². The normalized spacial score (nSPS) is 20.3. The lowest BCUT2D eigenvalue weighted by molar-refractivity contribution is 0.0415. The highest BCUT2D eigenvalue weighted by Gasteiger charge is 2.26. The number of rotatable bonds is 2. The number of carbonyl (C=O) groups excluding carboxylic acids is 1. The molecule has 0 bridgehead atoms. The van der Waals surface area contributed by atoms with Crippen LogP contribution in [0, 0.1) is 5.82 Å². The average molecular weight is 467 g/mol. The van der Waals surface area contributed by atoms with E-state index in [0.717, 1.165) is 36.0 Å². The number of benzene rings is 1. The minimum Gasteiger partial charge on any atom is -0.409 e. The van der Waals surface area contributed by atoms with Crippen LogP contribution in [0.3, 0.4) is 0 Å². The average Bonchev–Trinajstić information content (AvgIpc) is 3.18. The van der Waals surface area contributed by atoms with Crippen LogP contribution in [0.1, 0.15) is 32.3 Å². The van der Waals surface area contributed by atoms with Crippen molar-refractivity contribution in [3.8, 4) is 5.75 Å². The Kier molecular flexibility index (Phi) is 8.82. The van der Waals surface area contributed by atoms with Crippen LogP contribution in [0.5, 0.6) is 5.75 Å². The SMILES string of the molecule is CC.O=C(Oc1cc(F)ccc1/C=C1\SC(N2CCCCN2)=NC1=S)N1CCOCC1. The van der Waals surface area contributed by atoms with E-state index in [-0.39, 0.29) is 5.75 Å². The van der Waals surface area contributed by atoms with E-state index in [1.807, 2.05) is 18.9 Å². The summed E-state index contributed by atoms with van der Waals surface area (Å²) >= 11 is 6.86. The smallest absolute Gasteiger partial charge is 0.409 e. The van der Waals surface area contributed by atoms with Crippen LogP contribution in [0.25, 0.3) is 6.08 Å². The van der Waals surface area contributed by atoms with Gasteiger partial charge in [-0.25, -0.2) is 19.6 Å². The van der Waals surface area contributed by atoms with E-state index >= 15 is 0 Å². The zero-order chi connectivity index (χ0) is 22.2. The van der Waals surface area contributed by atoms with Gasteiger partial charge < -0.3 is 14.4 Å². The molecule has 7 nitrogen and oxygen atoms in total. The first-order chi connectivity index (χ1) is 15.1. The van der Waals surface area contributed by atoms with E-state index in [2.05, 4.69) is 10.4 Å². The lowest BCUT2D eigenvalue weighted by atomic mass is 10.2. The van der Waals surface area contributed by atoms with Crippen molar-refractivity contribution in [1.82, 2.24) is 15.3 Å². The Morgan fingerprint density at radius 2 is 2.06 bits per heavy atom. The Morgan fingerprint density at radius 1 is 1.29 bits per heavy atom. The van der Waals surface area contributed by atoms with E-state index in [1.165, 1.54) is 23.9 Å². The summed E-state index contributed by atoms with van der Waals surface area (Å²) in [4.78, 5) is 19.7. The van der Waals surface area contributed by atoms with Gasteiger partial charge in [0.05, 0.1) is 18.1 Å². The van der Waals surface area contributed by atoms with Gasteiger partial charge in [0.1, 0.15) is 16.6 Å². The van der Waals surface area contributed by atoms with E-state index < -0.39 is 11.9 Å². The Hall–Kier alpha value is -2.01. The Balaban J connectivity index is 0.00000132. The molecule has 1 N–H and O–H groups in total. The maximum atomic E-state index is 13.8. The zero-order valence-corrected chi connectivity index (χ0v) is 19.4. The number of halogens is 1. The Morgan fingerprint density at radius 3 is 2.77 bits per heavy atom. The van der Waals surface area contributed by atoms with Crippen LogP contribution in [-0.4, -0.2) is 65.6 Å². The van der Waals surface area contributed by atoms with Crippen molar-refractivity contribution >= 4 is 46.3 Å². The number of morpholine rings is 1. The summed E-state index contributed by atoms with van der Waals surface area (Å²) in [6.45, 7) is 7.61. The first kappa shape index (κ1) is 23.6. The molecule has 10 heteroatoms. The summed E-state index contributed by atoms with van der Waals surface area (Å²) in [7, 11) is 0. The molecule has 3 heterocycles. The third-order valence-electron chi connectivity index (χ3n) is 4.68. The molecule has 4 rings (SSSR count). The number of thioether (sulfide) groups is 1. The van der Waals surface area contributed by atoms with Crippen molar-refractivity contribution in [2.75, 3.05) is 39.4 Å². The second kappa shape index (κ2) is 11.6. The van der Waals surface area contributed by atoms with Gasteiger partial charge >= 0.3 is 6.09 Å². The van der Waals surface area contributed by atoms with E-state index in [0.29, 0.717) is 36.9 Å². The minimum absolute atomic E-state index is 0.155. The third kappa shape index (κ3) is 6.25. The Labute approximate surface area is 191 Å². The van der Waals surface area contributed by atoms with Crippen molar-refractivity contribution in [2.24, 2.45) is 4.99 Å². The molecule has 1 aromatic carbocycles. The molecule has 0 aromatic heterocycles. The fourth-order valence-electron chi connectivity index (χ4n) is 3.13. The topological polar surface area (TPSA) is 66.4 Å². The fourth-order valence-corrected chi connectivity index (χ4v) is 4.37. The summed E-state index contributed by atoms with van der Waals surface area (Å²) in [5, 5.41) is 2.81. The molecule has 0 aliphatic carbocycles. The monoisotopic (exact) mass is 466 g/mol. The number of nitrogens with zero attached hydrogens (tertiary/aromatic N) is 3. The van der Waals surface area contributed by atoms with Gasteiger partial charge in [-0.15, -0.1) is 0 Å². The highest BCUT2D eigenvalue weighted by molar-refractivity contribution is 8.19. The quantitative estimate of drug-likeness (QED) is 0.521. The molecule has 2 saturated heterocycles. The van der Waals surface area contributed by atoms with Gasteiger partial charge in [0.2, 0.25) is 0 Å². The molecule has 0 spiro atoms. The predicted octanol–water partition coefficient (Wildman–Crippen LogP) is 4.05. The van der Waals surface area contributed by atoms with Crippen LogP contribution in [0.15, 0.2) is 28.1 Å². The van der Waals surface area contributed by atoms with E-state index in [4.69, 9.17) is 21.7 Å². The number of hydrogen-bond acceptors (Lipinski definition) is 7. The lowest BCUT2D eigenvalue weighted by Crippen LogP contribution is -2.45. The number of amidine groups is 1. The van der Waals surface area contributed by atoms with Gasteiger partial charge in [0, 0.05) is 37.8 Å². The van der Waals surface area contributed by atoms with Crippen LogP contribution in [-0.2, 0) is 4.74 Å². The standard InChI is InChI=1S/C19H21FN4O3S2.C2H6/c20-14-4-3-13(15(12-14)27-19(25)23-7-9-26-10-8-23)11-16-17(28)22-18(29-16)24-6-2-1-5-21-24;1-2/h3-4,11-12,21H,1-2,5-10H2;1-2H3/b16-11-;. The molecule has 0 saturated carbocycles. The number of hydrogen-bond donors (Lipinski definition) is 1. The lowest BCUT2D eigenvalue weighted by Gasteiger charge is -2.28. The molecule has 3 aliphatic heterocycles. The highest BCUT2D eigenvalue weighted by atomic mass is 32.2. The maximum Gasteiger partial charge on any atom is 0.415 e. The van der Waals surface area contributed by atoms with Crippen molar-refractivity contribution in [3.63, 3.8) is 0 Å². The van der Waals surface area contributed by atoms with E-state index in [9.17, 15) is 9.18 Å². The molecule has 3 aliphatic rings. The number of ether oxygens (including phenoxy) is 2. The molecule has 0 unspecified atom stereocenters. The fraction of sp³-hybridized carbons (Fsp3) is 0.476. The number of hydrazine groups is 1. The molecule has 1 aromatic rings. The summed E-state index contributed by atoms with van der Waals surface area (Å²) < 4.78 is 24.6. The van der Waals surface area contributed by atoms with Gasteiger partial charge in [-0.2, -0.15) is 0 Å². The maximum absolute atomic E-state index is 13.8. The second-order valence-electron chi connectivity index (χ2n) is 6.73. The molecular formula is C21H27FN4O3S2.